The van der Waals surface area contributed by atoms with E-state index in [1.54, 1.807) is 0 Å². The molecule has 9 heteroatoms. The van der Waals surface area contributed by atoms with Crippen molar-refractivity contribution in [2.75, 3.05) is 7.11 Å². The second kappa shape index (κ2) is 3.87. The number of methoxy groups -OCH3 is 1. The summed E-state index contributed by atoms with van der Waals surface area (Å²) in [7, 11) is 0.827. The molecule has 0 unspecified atom stereocenters. The van der Waals surface area contributed by atoms with Gasteiger partial charge in [-0.2, -0.15) is 13.2 Å². The average molecular weight is 244 g/mol. The maximum absolute atomic E-state index is 12.3. The molecule has 1 aromatic rings. The van der Waals surface area contributed by atoms with Crippen molar-refractivity contribution in [2.24, 2.45) is 0 Å². The molecule has 90 valence electrons. The van der Waals surface area contributed by atoms with Crippen LogP contribution in [0.2, 0.25) is 0 Å². The Morgan fingerprint density at radius 1 is 1.19 bits per heavy atom. The number of alkyl halides is 3. The number of nitrogens with zero attached hydrogens (tertiary/aromatic N) is 1. The minimum Gasteiger partial charge on any atom is -0.483 e. The summed E-state index contributed by atoms with van der Waals surface area (Å²) in [6.07, 6.45) is -4.80. The molecule has 0 N–H and O–H groups in total. The summed E-state index contributed by atoms with van der Waals surface area (Å²) in [5.74, 6) is -1.07. The van der Waals surface area contributed by atoms with Crippen molar-refractivity contribution in [1.29, 1.82) is 0 Å². The van der Waals surface area contributed by atoms with Crippen molar-refractivity contribution >= 4 is 12.4 Å². The lowest BCUT2D eigenvalue weighted by Crippen LogP contribution is -2.36. The Balaban J connectivity index is 3.28. The largest absolute Gasteiger partial charge is 0.514 e. The standard InChI is InChI=1S/C7H5BF6NO/c1-16-6-4(8(12,13)14)2-3-5(15-6)7(9,10)11/h2-3H,1H3/q-1. The van der Waals surface area contributed by atoms with Gasteiger partial charge in [-0.05, 0) is 11.5 Å². The van der Waals surface area contributed by atoms with Gasteiger partial charge in [0.15, 0.2) is 5.88 Å². The van der Waals surface area contributed by atoms with E-state index in [-0.39, 0.29) is 6.07 Å². The Hall–Kier alpha value is -1.41. The normalized spacial score (nSPS) is 12.7. The first-order valence-corrected chi connectivity index (χ1v) is 3.98. The van der Waals surface area contributed by atoms with Gasteiger partial charge in [0.05, 0.1) is 7.11 Å². The summed E-state index contributed by atoms with van der Waals surface area (Å²) < 4.78 is 77.6. The fourth-order valence-electron chi connectivity index (χ4n) is 1.02. The molecule has 0 aliphatic rings. The van der Waals surface area contributed by atoms with Crippen molar-refractivity contribution in [3.63, 3.8) is 0 Å². The van der Waals surface area contributed by atoms with E-state index < -0.39 is 30.2 Å². The van der Waals surface area contributed by atoms with E-state index in [0.29, 0.717) is 6.07 Å². The Morgan fingerprint density at radius 3 is 2.12 bits per heavy atom. The molecule has 0 aromatic carbocycles. The molecule has 0 radical (unpaired) electrons. The Labute approximate surface area is 86.3 Å². The second-order valence-electron chi connectivity index (χ2n) is 2.87. The molecule has 2 nitrogen and oxygen atoms in total. The number of rotatable bonds is 2. The molecule has 1 rings (SSSR count). The summed E-state index contributed by atoms with van der Waals surface area (Å²) in [5, 5.41) is 0. The van der Waals surface area contributed by atoms with E-state index >= 15 is 0 Å². The first-order valence-electron chi connectivity index (χ1n) is 3.98. The average Bonchev–Trinajstić information content (AvgIpc) is 2.14. The molecule has 1 aromatic heterocycles. The van der Waals surface area contributed by atoms with E-state index in [1.807, 2.05) is 0 Å². The number of hydrogen-bond donors (Lipinski definition) is 0. The zero-order chi connectivity index (χ0) is 12.6. The molecule has 0 atom stereocenters. The van der Waals surface area contributed by atoms with Crippen molar-refractivity contribution in [2.45, 2.75) is 6.18 Å². The highest BCUT2D eigenvalue weighted by Gasteiger charge is 2.36. The van der Waals surface area contributed by atoms with Crippen molar-refractivity contribution < 1.29 is 30.9 Å². The third-order valence-corrected chi connectivity index (χ3v) is 1.73. The van der Waals surface area contributed by atoms with Crippen LogP contribution in [0.5, 0.6) is 5.88 Å². The number of ether oxygens (including phenoxy) is 1. The fraction of sp³-hybridized carbons (Fsp3) is 0.286. The second-order valence-corrected chi connectivity index (χ2v) is 2.87. The molecule has 0 bridgehead atoms. The highest BCUT2D eigenvalue weighted by molar-refractivity contribution is 6.74. The number of aromatic nitrogens is 1. The van der Waals surface area contributed by atoms with E-state index in [0.717, 1.165) is 7.11 Å². The summed E-state index contributed by atoms with van der Waals surface area (Å²) in [6, 6.07) is 0.585. The predicted molar refractivity (Wildman–Crippen MR) is 44.5 cm³/mol. The van der Waals surface area contributed by atoms with E-state index in [9.17, 15) is 26.1 Å². The van der Waals surface area contributed by atoms with Crippen molar-refractivity contribution in [3.05, 3.63) is 17.8 Å². The zero-order valence-electron chi connectivity index (χ0n) is 7.86. The lowest BCUT2D eigenvalue weighted by atomic mass is 9.80. The third-order valence-electron chi connectivity index (χ3n) is 1.73. The van der Waals surface area contributed by atoms with Crippen LogP contribution < -0.4 is 10.2 Å². The number of hydrogen-bond acceptors (Lipinski definition) is 2. The Morgan fingerprint density at radius 2 is 1.75 bits per heavy atom. The molecule has 0 aliphatic carbocycles. The summed E-state index contributed by atoms with van der Waals surface area (Å²) >= 11 is 0. The molecular weight excluding hydrogens is 239 g/mol. The summed E-state index contributed by atoms with van der Waals surface area (Å²) in [5.41, 5.74) is -2.70. The molecule has 16 heavy (non-hydrogen) atoms. The van der Waals surface area contributed by atoms with Crippen LogP contribution in [-0.4, -0.2) is 19.1 Å². The smallest absolute Gasteiger partial charge is 0.483 e. The monoisotopic (exact) mass is 244 g/mol. The third kappa shape index (κ3) is 2.58. The molecule has 0 saturated heterocycles. The molecule has 0 saturated carbocycles. The van der Waals surface area contributed by atoms with Crippen LogP contribution in [0.15, 0.2) is 12.1 Å². The van der Waals surface area contributed by atoms with E-state index in [4.69, 9.17) is 0 Å². The molecule has 0 fully saturated rings. The van der Waals surface area contributed by atoms with Gasteiger partial charge in [-0.15, -0.1) is 0 Å². The minimum absolute atomic E-state index is 0.271. The number of halogens is 6. The predicted octanol–water partition coefficient (Wildman–Crippen LogP) is 2.16. The van der Waals surface area contributed by atoms with Crippen LogP contribution in [0.25, 0.3) is 0 Å². The number of pyridine rings is 1. The fourth-order valence-corrected chi connectivity index (χ4v) is 1.02. The molecule has 1 heterocycles. The van der Waals surface area contributed by atoms with Gasteiger partial charge in [0.25, 0.3) is 0 Å². The lowest BCUT2D eigenvalue weighted by molar-refractivity contribution is -0.141. The van der Waals surface area contributed by atoms with Gasteiger partial charge < -0.3 is 17.7 Å². The molecular formula is C7H5BF6NO-. The van der Waals surface area contributed by atoms with Crippen LogP contribution in [0.4, 0.5) is 26.1 Å². The van der Waals surface area contributed by atoms with Gasteiger partial charge in [-0.1, -0.05) is 6.07 Å². The van der Waals surface area contributed by atoms with Crippen molar-refractivity contribution in [1.82, 2.24) is 4.98 Å². The van der Waals surface area contributed by atoms with Crippen LogP contribution in [0, 0.1) is 0 Å². The topological polar surface area (TPSA) is 22.1 Å². The lowest BCUT2D eigenvalue weighted by Gasteiger charge is -2.18. The quantitative estimate of drug-likeness (QED) is 0.587. The first kappa shape index (κ1) is 12.7. The zero-order valence-corrected chi connectivity index (χ0v) is 7.86. The van der Waals surface area contributed by atoms with Gasteiger partial charge in [0, 0.05) is 0 Å². The highest BCUT2D eigenvalue weighted by atomic mass is 19.4. The molecule has 0 amide bonds. The highest BCUT2D eigenvalue weighted by Crippen LogP contribution is 2.29. The first-order chi connectivity index (χ1) is 7.16. The SMILES string of the molecule is COc1nc(C(F)(F)F)ccc1[B-](F)(F)F. The maximum atomic E-state index is 12.3. The summed E-state index contributed by atoms with van der Waals surface area (Å²) in [6.45, 7) is -5.45. The minimum atomic E-state index is -5.45. The van der Waals surface area contributed by atoms with Gasteiger partial charge in [0.1, 0.15) is 5.69 Å². The van der Waals surface area contributed by atoms with Gasteiger partial charge in [-0.25, -0.2) is 4.98 Å². The van der Waals surface area contributed by atoms with Gasteiger partial charge in [-0.3, -0.25) is 0 Å². The summed E-state index contributed by atoms with van der Waals surface area (Å²) in [4.78, 5) is 2.78. The van der Waals surface area contributed by atoms with Crippen LogP contribution in [-0.2, 0) is 6.18 Å². The van der Waals surface area contributed by atoms with Gasteiger partial charge in [0.2, 0.25) is 0 Å². The Bertz CT molecular complexity index is 387. The van der Waals surface area contributed by atoms with Crippen LogP contribution in [0.3, 0.4) is 0 Å². The van der Waals surface area contributed by atoms with E-state index in [2.05, 4.69) is 9.72 Å². The van der Waals surface area contributed by atoms with Gasteiger partial charge >= 0.3 is 13.2 Å². The molecule has 0 aliphatic heterocycles. The van der Waals surface area contributed by atoms with E-state index in [1.165, 1.54) is 0 Å². The van der Waals surface area contributed by atoms with Crippen LogP contribution >= 0.6 is 0 Å². The Kier molecular flexibility index (Phi) is 3.07. The molecule has 0 spiro atoms. The maximum Gasteiger partial charge on any atom is 0.514 e. The van der Waals surface area contributed by atoms with Crippen molar-refractivity contribution in [3.8, 4) is 5.88 Å². The van der Waals surface area contributed by atoms with Crippen LogP contribution in [0.1, 0.15) is 5.69 Å².